The van der Waals surface area contributed by atoms with Crippen LogP contribution in [0.25, 0.3) is 17.1 Å². The number of para-hydroxylation sites is 1. The second-order valence-electron chi connectivity index (χ2n) is 6.31. The molecule has 0 aliphatic heterocycles. The Morgan fingerprint density at radius 1 is 1.07 bits per heavy atom. The lowest BCUT2D eigenvalue weighted by atomic mass is 10.1. The van der Waals surface area contributed by atoms with Crippen LogP contribution in [0.4, 0.5) is 0 Å². The first kappa shape index (κ1) is 19.0. The Morgan fingerprint density at radius 2 is 1.83 bits per heavy atom. The summed E-state index contributed by atoms with van der Waals surface area (Å²) in [4.78, 5) is 12.6. The molecule has 0 atom stereocenters. The predicted molar refractivity (Wildman–Crippen MR) is 112 cm³/mol. The number of Topliss-reactive ketones (excluding diaryl/α,β-unsaturated/α-hetero) is 1. The Hall–Kier alpha value is -3.32. The number of hydrogen-bond acceptors (Lipinski definition) is 6. The number of furan rings is 1. The molecular formula is C22H19N3O3S. The Morgan fingerprint density at radius 3 is 2.48 bits per heavy atom. The van der Waals surface area contributed by atoms with Gasteiger partial charge in [0.15, 0.2) is 16.8 Å². The van der Waals surface area contributed by atoms with Crippen molar-refractivity contribution in [2.24, 2.45) is 0 Å². The molecule has 0 fully saturated rings. The highest BCUT2D eigenvalue weighted by atomic mass is 32.2. The topological polar surface area (TPSA) is 70.2 Å². The van der Waals surface area contributed by atoms with Crippen LogP contribution in [-0.2, 0) is 0 Å². The molecule has 7 heteroatoms. The normalized spacial score (nSPS) is 10.8. The van der Waals surface area contributed by atoms with E-state index in [0.29, 0.717) is 16.5 Å². The number of hydrogen-bond donors (Lipinski definition) is 0. The van der Waals surface area contributed by atoms with Crippen LogP contribution < -0.4 is 4.74 Å². The van der Waals surface area contributed by atoms with E-state index in [1.807, 2.05) is 47.9 Å². The molecule has 2 aromatic carbocycles. The van der Waals surface area contributed by atoms with Gasteiger partial charge in [-0.05, 0) is 49.4 Å². The zero-order chi connectivity index (χ0) is 20.2. The minimum absolute atomic E-state index is 0.0151. The van der Waals surface area contributed by atoms with Crippen molar-refractivity contribution in [1.29, 1.82) is 0 Å². The minimum Gasteiger partial charge on any atom is -0.497 e. The molecular weight excluding hydrogens is 386 g/mol. The largest absolute Gasteiger partial charge is 0.497 e. The first-order valence-electron chi connectivity index (χ1n) is 9.02. The third-order valence-corrected chi connectivity index (χ3v) is 5.42. The SMILES string of the molecule is COc1ccc(C(=O)CSc2nnc(-c3ccoc3C)n2-c2ccccc2)cc1. The molecule has 0 saturated carbocycles. The minimum atomic E-state index is 0.0151. The summed E-state index contributed by atoms with van der Waals surface area (Å²) in [6, 6.07) is 18.8. The van der Waals surface area contributed by atoms with E-state index in [0.717, 1.165) is 22.8 Å². The number of ether oxygens (including phenoxy) is 1. The first-order valence-corrected chi connectivity index (χ1v) is 10.0. The maximum absolute atomic E-state index is 12.6. The van der Waals surface area contributed by atoms with Crippen molar-refractivity contribution in [2.75, 3.05) is 12.9 Å². The average molecular weight is 405 g/mol. The van der Waals surface area contributed by atoms with E-state index in [-0.39, 0.29) is 11.5 Å². The fraction of sp³-hybridized carbons (Fsp3) is 0.136. The Bertz CT molecular complexity index is 1120. The standard InChI is InChI=1S/C22H19N3O3S/c1-15-19(12-13-28-15)21-23-24-22(25(21)17-6-4-3-5-7-17)29-14-20(26)16-8-10-18(27-2)11-9-16/h3-13H,14H2,1-2H3. The van der Waals surface area contributed by atoms with Gasteiger partial charge in [-0.1, -0.05) is 30.0 Å². The van der Waals surface area contributed by atoms with Crippen LogP contribution in [0.15, 0.2) is 76.5 Å². The van der Waals surface area contributed by atoms with Gasteiger partial charge in [-0.15, -0.1) is 10.2 Å². The zero-order valence-corrected chi connectivity index (χ0v) is 16.8. The fourth-order valence-corrected chi connectivity index (χ4v) is 3.80. The molecule has 0 spiro atoms. The van der Waals surface area contributed by atoms with Crippen molar-refractivity contribution >= 4 is 17.5 Å². The lowest BCUT2D eigenvalue weighted by molar-refractivity contribution is 0.102. The molecule has 4 aromatic rings. The van der Waals surface area contributed by atoms with E-state index in [2.05, 4.69) is 10.2 Å². The van der Waals surface area contributed by atoms with Crippen molar-refractivity contribution < 1.29 is 13.9 Å². The summed E-state index contributed by atoms with van der Waals surface area (Å²) in [6.45, 7) is 1.89. The summed E-state index contributed by atoms with van der Waals surface area (Å²) < 4.78 is 12.5. The van der Waals surface area contributed by atoms with Crippen LogP contribution in [0.3, 0.4) is 0 Å². The number of nitrogens with zero attached hydrogens (tertiary/aromatic N) is 3. The molecule has 0 bridgehead atoms. The number of aryl methyl sites for hydroxylation is 1. The lowest BCUT2D eigenvalue weighted by Gasteiger charge is -2.09. The predicted octanol–water partition coefficient (Wildman–Crippen LogP) is 4.82. The Labute approximate surface area is 172 Å². The Kier molecular flexibility index (Phi) is 5.48. The van der Waals surface area contributed by atoms with Gasteiger partial charge in [0.05, 0.1) is 24.7 Å². The number of thioether (sulfide) groups is 1. The van der Waals surface area contributed by atoms with E-state index in [1.165, 1.54) is 11.8 Å². The van der Waals surface area contributed by atoms with Gasteiger partial charge in [0, 0.05) is 11.3 Å². The van der Waals surface area contributed by atoms with Gasteiger partial charge in [0.25, 0.3) is 0 Å². The van der Waals surface area contributed by atoms with Crippen molar-refractivity contribution in [3.63, 3.8) is 0 Å². The summed E-state index contributed by atoms with van der Waals surface area (Å²) in [5, 5.41) is 9.37. The molecule has 6 nitrogen and oxygen atoms in total. The van der Waals surface area contributed by atoms with Crippen molar-refractivity contribution in [1.82, 2.24) is 14.8 Å². The summed E-state index contributed by atoms with van der Waals surface area (Å²) in [5.74, 6) is 2.43. The van der Waals surface area contributed by atoms with Crippen molar-refractivity contribution in [2.45, 2.75) is 12.1 Å². The fourth-order valence-electron chi connectivity index (χ4n) is 2.95. The second-order valence-corrected chi connectivity index (χ2v) is 7.25. The summed E-state index contributed by atoms with van der Waals surface area (Å²) in [6.07, 6.45) is 1.63. The monoisotopic (exact) mass is 405 g/mol. The number of benzene rings is 2. The van der Waals surface area contributed by atoms with Crippen LogP contribution in [0.1, 0.15) is 16.1 Å². The number of carbonyl (C=O) groups excluding carboxylic acids is 1. The maximum atomic E-state index is 12.6. The van der Waals surface area contributed by atoms with E-state index < -0.39 is 0 Å². The highest BCUT2D eigenvalue weighted by molar-refractivity contribution is 7.99. The zero-order valence-electron chi connectivity index (χ0n) is 16.0. The Balaban J connectivity index is 1.63. The third-order valence-electron chi connectivity index (χ3n) is 4.49. The highest BCUT2D eigenvalue weighted by Crippen LogP contribution is 2.30. The van der Waals surface area contributed by atoms with Gasteiger partial charge in [-0.25, -0.2) is 0 Å². The second kappa shape index (κ2) is 8.36. The van der Waals surface area contributed by atoms with E-state index in [9.17, 15) is 4.79 Å². The molecule has 0 unspecified atom stereocenters. The lowest BCUT2D eigenvalue weighted by Crippen LogP contribution is -2.05. The number of ketones is 1. The first-order chi connectivity index (χ1) is 14.2. The summed E-state index contributed by atoms with van der Waals surface area (Å²) in [7, 11) is 1.60. The molecule has 0 amide bonds. The van der Waals surface area contributed by atoms with Crippen molar-refractivity contribution in [3.8, 4) is 22.8 Å². The molecule has 29 heavy (non-hydrogen) atoms. The summed E-state index contributed by atoms with van der Waals surface area (Å²) >= 11 is 1.36. The van der Waals surface area contributed by atoms with Crippen LogP contribution in [-0.4, -0.2) is 33.4 Å². The smallest absolute Gasteiger partial charge is 0.196 e. The van der Waals surface area contributed by atoms with E-state index >= 15 is 0 Å². The van der Waals surface area contributed by atoms with Gasteiger partial charge in [0.2, 0.25) is 0 Å². The van der Waals surface area contributed by atoms with Gasteiger partial charge in [-0.3, -0.25) is 9.36 Å². The molecule has 146 valence electrons. The van der Waals surface area contributed by atoms with E-state index in [4.69, 9.17) is 9.15 Å². The van der Waals surface area contributed by atoms with Gasteiger partial charge < -0.3 is 9.15 Å². The molecule has 0 aliphatic carbocycles. The third kappa shape index (κ3) is 3.95. The van der Waals surface area contributed by atoms with Crippen LogP contribution in [0, 0.1) is 6.92 Å². The summed E-state index contributed by atoms with van der Waals surface area (Å²) in [5.41, 5.74) is 2.43. The van der Waals surface area contributed by atoms with Gasteiger partial charge in [0.1, 0.15) is 11.5 Å². The van der Waals surface area contributed by atoms with Crippen molar-refractivity contribution in [3.05, 3.63) is 78.3 Å². The quantitative estimate of drug-likeness (QED) is 0.324. The number of methoxy groups -OCH3 is 1. The molecule has 2 heterocycles. The molecule has 0 radical (unpaired) electrons. The number of rotatable bonds is 7. The van der Waals surface area contributed by atoms with E-state index in [1.54, 1.807) is 37.6 Å². The molecule has 4 rings (SSSR count). The molecule has 0 N–H and O–H groups in total. The van der Waals surface area contributed by atoms with Crippen LogP contribution >= 0.6 is 11.8 Å². The average Bonchev–Trinajstić information content (AvgIpc) is 3.38. The van der Waals surface area contributed by atoms with Gasteiger partial charge >= 0.3 is 0 Å². The molecule has 2 aromatic heterocycles. The van der Waals surface area contributed by atoms with Crippen LogP contribution in [0.2, 0.25) is 0 Å². The molecule has 0 aliphatic rings. The number of carbonyl (C=O) groups is 1. The molecule has 0 saturated heterocycles. The maximum Gasteiger partial charge on any atom is 0.196 e. The van der Waals surface area contributed by atoms with Crippen LogP contribution in [0.5, 0.6) is 5.75 Å². The van der Waals surface area contributed by atoms with Gasteiger partial charge in [-0.2, -0.15) is 0 Å². The highest BCUT2D eigenvalue weighted by Gasteiger charge is 2.20. The number of aromatic nitrogens is 3.